The van der Waals surface area contributed by atoms with Crippen LogP contribution in [0.5, 0.6) is 0 Å². The molecule has 1 N–H and O–H groups in total. The van der Waals surface area contributed by atoms with Crippen molar-refractivity contribution in [1.29, 1.82) is 0 Å². The van der Waals surface area contributed by atoms with Gasteiger partial charge in [-0.05, 0) is 52.0 Å². The first-order valence-electron chi connectivity index (χ1n) is 10.8. The van der Waals surface area contributed by atoms with E-state index >= 15 is 0 Å². The molecule has 2 aromatic carbocycles. The van der Waals surface area contributed by atoms with Gasteiger partial charge in [0.2, 0.25) is 5.91 Å². The molecule has 2 amide bonds. The number of anilines is 1. The number of hydrogen-bond donors (Lipinski definition) is 1. The Labute approximate surface area is 193 Å². The maximum Gasteiger partial charge on any atom is 0.253 e. The first-order valence-corrected chi connectivity index (χ1v) is 11.8. The van der Waals surface area contributed by atoms with E-state index in [0.29, 0.717) is 36.0 Å². The number of carbonyl (C=O) groups excluding carboxylic acids is 2. The second kappa shape index (κ2) is 10.9. The summed E-state index contributed by atoms with van der Waals surface area (Å²) in [4.78, 5) is 26.9. The zero-order valence-electron chi connectivity index (χ0n) is 19.0. The molecule has 3 rings (SSSR count). The van der Waals surface area contributed by atoms with Gasteiger partial charge in [0.25, 0.3) is 5.91 Å². The standard InChI is InChI=1S/C24H29N5O2S/c1-5-28(6-2)23(31)19-12-9-13-20(15-19)25-21(30)16-32-24-27-26-22(29(24)7-3)18-11-8-10-17(4)14-18/h8-15H,5-7,16H2,1-4H3,(H,25,30). The molecular formula is C24H29N5O2S. The maximum atomic E-state index is 12.6. The molecule has 0 radical (unpaired) electrons. The third kappa shape index (κ3) is 5.56. The van der Waals surface area contributed by atoms with Crippen LogP contribution in [0.15, 0.2) is 53.7 Å². The summed E-state index contributed by atoms with van der Waals surface area (Å²) in [6, 6.07) is 15.2. The van der Waals surface area contributed by atoms with Crippen LogP contribution < -0.4 is 5.32 Å². The number of thioether (sulfide) groups is 1. The predicted molar refractivity (Wildman–Crippen MR) is 129 cm³/mol. The molecule has 1 heterocycles. The summed E-state index contributed by atoms with van der Waals surface area (Å²) >= 11 is 1.34. The van der Waals surface area contributed by atoms with Gasteiger partial charge in [0.15, 0.2) is 11.0 Å². The topological polar surface area (TPSA) is 80.1 Å². The fourth-order valence-electron chi connectivity index (χ4n) is 3.43. The summed E-state index contributed by atoms with van der Waals surface area (Å²) in [7, 11) is 0. The van der Waals surface area contributed by atoms with E-state index < -0.39 is 0 Å². The van der Waals surface area contributed by atoms with E-state index in [-0.39, 0.29) is 17.6 Å². The van der Waals surface area contributed by atoms with E-state index in [0.717, 1.165) is 17.0 Å². The fraction of sp³-hybridized carbons (Fsp3) is 0.333. The molecule has 0 aliphatic rings. The third-order valence-corrected chi connectivity index (χ3v) is 6.05. The molecule has 32 heavy (non-hydrogen) atoms. The molecule has 0 unspecified atom stereocenters. The molecular weight excluding hydrogens is 422 g/mol. The monoisotopic (exact) mass is 451 g/mol. The minimum atomic E-state index is -0.162. The van der Waals surface area contributed by atoms with E-state index in [1.807, 2.05) is 50.5 Å². The minimum Gasteiger partial charge on any atom is -0.339 e. The van der Waals surface area contributed by atoms with Gasteiger partial charge in [-0.15, -0.1) is 10.2 Å². The van der Waals surface area contributed by atoms with Crippen molar-refractivity contribution in [2.75, 3.05) is 24.2 Å². The van der Waals surface area contributed by atoms with Crippen molar-refractivity contribution in [3.63, 3.8) is 0 Å². The van der Waals surface area contributed by atoms with Gasteiger partial charge in [0, 0.05) is 36.4 Å². The average Bonchev–Trinajstić information content (AvgIpc) is 3.21. The fourth-order valence-corrected chi connectivity index (χ4v) is 4.23. The number of aryl methyl sites for hydroxylation is 1. The maximum absolute atomic E-state index is 12.6. The lowest BCUT2D eigenvalue weighted by molar-refractivity contribution is -0.113. The molecule has 0 aliphatic heterocycles. The SMILES string of the molecule is CCN(CC)C(=O)c1cccc(NC(=O)CSc2nnc(-c3cccc(C)c3)n2CC)c1. The molecule has 1 aromatic heterocycles. The van der Waals surface area contributed by atoms with Crippen LogP contribution in [-0.2, 0) is 11.3 Å². The Morgan fingerprint density at radius 1 is 1.03 bits per heavy atom. The van der Waals surface area contributed by atoms with Gasteiger partial charge in [-0.25, -0.2) is 0 Å². The Morgan fingerprint density at radius 2 is 1.78 bits per heavy atom. The normalized spacial score (nSPS) is 10.8. The summed E-state index contributed by atoms with van der Waals surface area (Å²) in [5.41, 5.74) is 3.33. The highest BCUT2D eigenvalue weighted by Gasteiger charge is 2.16. The lowest BCUT2D eigenvalue weighted by Gasteiger charge is -2.19. The van der Waals surface area contributed by atoms with Crippen LogP contribution in [0.4, 0.5) is 5.69 Å². The summed E-state index contributed by atoms with van der Waals surface area (Å²) < 4.78 is 2.01. The zero-order valence-corrected chi connectivity index (χ0v) is 19.8. The molecule has 0 spiro atoms. The van der Waals surface area contributed by atoms with E-state index in [4.69, 9.17) is 0 Å². The van der Waals surface area contributed by atoms with Crippen LogP contribution >= 0.6 is 11.8 Å². The Kier molecular flexibility index (Phi) is 8.05. The molecule has 0 aliphatic carbocycles. The molecule has 0 saturated carbocycles. The predicted octanol–water partition coefficient (Wildman–Crippen LogP) is 4.49. The van der Waals surface area contributed by atoms with E-state index in [9.17, 15) is 9.59 Å². The van der Waals surface area contributed by atoms with Gasteiger partial charge in [-0.1, -0.05) is 41.6 Å². The average molecular weight is 452 g/mol. The molecule has 8 heteroatoms. The van der Waals surface area contributed by atoms with E-state index in [2.05, 4.69) is 21.6 Å². The van der Waals surface area contributed by atoms with Gasteiger partial charge < -0.3 is 14.8 Å². The molecule has 7 nitrogen and oxygen atoms in total. The van der Waals surface area contributed by atoms with Crippen molar-refractivity contribution in [2.45, 2.75) is 39.4 Å². The summed E-state index contributed by atoms with van der Waals surface area (Å²) in [6.07, 6.45) is 0. The van der Waals surface area contributed by atoms with Crippen molar-refractivity contribution < 1.29 is 9.59 Å². The number of nitrogens with zero attached hydrogens (tertiary/aromatic N) is 4. The smallest absolute Gasteiger partial charge is 0.253 e. The van der Waals surface area contributed by atoms with Crippen LogP contribution in [0.3, 0.4) is 0 Å². The highest BCUT2D eigenvalue weighted by molar-refractivity contribution is 7.99. The Balaban J connectivity index is 1.66. The second-order valence-electron chi connectivity index (χ2n) is 7.32. The Morgan fingerprint density at radius 3 is 2.47 bits per heavy atom. The molecule has 3 aromatic rings. The summed E-state index contributed by atoms with van der Waals surface area (Å²) in [5, 5.41) is 12.2. The lowest BCUT2D eigenvalue weighted by atomic mass is 10.1. The largest absolute Gasteiger partial charge is 0.339 e. The van der Waals surface area contributed by atoms with Crippen molar-refractivity contribution in [3.05, 3.63) is 59.7 Å². The van der Waals surface area contributed by atoms with Crippen LogP contribution in [0.25, 0.3) is 11.4 Å². The molecule has 0 bridgehead atoms. The minimum absolute atomic E-state index is 0.0415. The van der Waals surface area contributed by atoms with E-state index in [1.54, 1.807) is 29.2 Å². The molecule has 0 atom stereocenters. The summed E-state index contributed by atoms with van der Waals surface area (Å²) in [6.45, 7) is 9.96. The number of aromatic nitrogens is 3. The highest BCUT2D eigenvalue weighted by Crippen LogP contribution is 2.25. The van der Waals surface area contributed by atoms with E-state index in [1.165, 1.54) is 11.8 Å². The number of hydrogen-bond acceptors (Lipinski definition) is 5. The first kappa shape index (κ1) is 23.5. The number of amides is 2. The number of rotatable bonds is 9. The first-order chi connectivity index (χ1) is 15.5. The zero-order chi connectivity index (χ0) is 23.1. The molecule has 0 saturated heterocycles. The number of carbonyl (C=O) groups is 2. The van der Waals surface area contributed by atoms with Gasteiger partial charge in [0.1, 0.15) is 0 Å². The second-order valence-corrected chi connectivity index (χ2v) is 8.26. The van der Waals surface area contributed by atoms with Gasteiger partial charge in [0.05, 0.1) is 5.75 Å². The van der Waals surface area contributed by atoms with Crippen molar-refractivity contribution in [2.24, 2.45) is 0 Å². The molecule has 0 fully saturated rings. The quantitative estimate of drug-likeness (QED) is 0.485. The van der Waals surface area contributed by atoms with Gasteiger partial charge in [-0.2, -0.15) is 0 Å². The van der Waals surface area contributed by atoms with Crippen LogP contribution in [0.2, 0.25) is 0 Å². The van der Waals surface area contributed by atoms with Crippen LogP contribution in [-0.4, -0.2) is 50.3 Å². The van der Waals surface area contributed by atoms with Crippen molar-refractivity contribution in [3.8, 4) is 11.4 Å². The van der Waals surface area contributed by atoms with Crippen molar-refractivity contribution in [1.82, 2.24) is 19.7 Å². The van der Waals surface area contributed by atoms with Gasteiger partial charge in [-0.3, -0.25) is 9.59 Å². The Hall–Kier alpha value is -3.13. The summed E-state index contributed by atoms with van der Waals surface area (Å²) in [5.74, 6) is 0.785. The molecule has 168 valence electrons. The Bertz CT molecular complexity index is 1090. The van der Waals surface area contributed by atoms with Crippen LogP contribution in [0.1, 0.15) is 36.7 Å². The number of benzene rings is 2. The van der Waals surface area contributed by atoms with Crippen molar-refractivity contribution >= 4 is 29.3 Å². The number of nitrogens with one attached hydrogen (secondary N) is 1. The van der Waals surface area contributed by atoms with Crippen LogP contribution in [0, 0.1) is 6.92 Å². The highest BCUT2D eigenvalue weighted by atomic mass is 32.2. The van der Waals surface area contributed by atoms with Gasteiger partial charge >= 0.3 is 0 Å². The lowest BCUT2D eigenvalue weighted by Crippen LogP contribution is -2.30. The third-order valence-electron chi connectivity index (χ3n) is 5.09.